The van der Waals surface area contributed by atoms with E-state index in [1.165, 1.54) is 6.92 Å². The van der Waals surface area contributed by atoms with Crippen LogP contribution in [0.4, 0.5) is 22.0 Å². The predicted octanol–water partition coefficient (Wildman–Crippen LogP) is 4.69. The molecular formula is C24H31F5N4O3. The number of rotatable bonds is 11. The number of aromatic amines is 1. The Morgan fingerprint density at radius 3 is 2.56 bits per heavy atom. The summed E-state index contributed by atoms with van der Waals surface area (Å²) in [6.07, 6.45) is -4.12. The summed E-state index contributed by atoms with van der Waals surface area (Å²) in [5.74, 6) is -3.95. The van der Waals surface area contributed by atoms with Gasteiger partial charge in [-0.3, -0.25) is 4.79 Å². The van der Waals surface area contributed by atoms with Crippen molar-refractivity contribution in [3.05, 3.63) is 29.6 Å². The summed E-state index contributed by atoms with van der Waals surface area (Å²) in [7, 11) is 0. The number of fused-ring (bicyclic) bond motifs is 1. The van der Waals surface area contributed by atoms with Crippen molar-refractivity contribution in [2.75, 3.05) is 6.61 Å². The van der Waals surface area contributed by atoms with E-state index in [4.69, 9.17) is 15.2 Å². The third kappa shape index (κ3) is 6.15. The van der Waals surface area contributed by atoms with Crippen LogP contribution in [-0.4, -0.2) is 52.4 Å². The minimum absolute atomic E-state index is 0.125. The van der Waals surface area contributed by atoms with Gasteiger partial charge in [0.2, 0.25) is 5.91 Å². The maximum absolute atomic E-state index is 13.2. The molecule has 12 heteroatoms. The van der Waals surface area contributed by atoms with E-state index in [1.807, 2.05) is 0 Å². The number of benzene rings is 1. The minimum atomic E-state index is -4.57. The van der Waals surface area contributed by atoms with Gasteiger partial charge in [-0.15, -0.1) is 0 Å². The van der Waals surface area contributed by atoms with Crippen LogP contribution in [0.1, 0.15) is 69.9 Å². The Hall–Kier alpha value is -2.31. The number of halogens is 5. The number of hydrogen-bond acceptors (Lipinski definition) is 5. The Labute approximate surface area is 205 Å². The molecule has 4 atom stereocenters. The van der Waals surface area contributed by atoms with E-state index in [0.29, 0.717) is 16.6 Å². The zero-order chi connectivity index (χ0) is 26.5. The Morgan fingerprint density at radius 2 is 1.97 bits per heavy atom. The predicted molar refractivity (Wildman–Crippen MR) is 121 cm³/mol. The number of carbonyl (C=O) groups excluding carboxylic acids is 1. The summed E-state index contributed by atoms with van der Waals surface area (Å²) in [5.41, 5.74) is 5.52. The van der Waals surface area contributed by atoms with Crippen molar-refractivity contribution in [2.45, 2.75) is 88.4 Å². The molecule has 4 N–H and O–H groups in total. The van der Waals surface area contributed by atoms with Gasteiger partial charge in [0.1, 0.15) is 5.82 Å². The van der Waals surface area contributed by atoms with Crippen molar-refractivity contribution in [2.24, 2.45) is 11.7 Å². The number of nitrogens with one attached hydrogen (secondary N) is 2. The average molecular weight is 519 g/mol. The Bertz CT molecular complexity index is 1100. The number of carbonyl (C=O) groups is 1. The van der Waals surface area contributed by atoms with Crippen LogP contribution in [0.5, 0.6) is 0 Å². The van der Waals surface area contributed by atoms with Gasteiger partial charge in [-0.05, 0) is 51.3 Å². The van der Waals surface area contributed by atoms with Crippen LogP contribution in [0.2, 0.25) is 0 Å². The number of imidazole rings is 1. The van der Waals surface area contributed by atoms with E-state index in [0.717, 1.165) is 26.7 Å². The van der Waals surface area contributed by atoms with Crippen LogP contribution in [0.3, 0.4) is 0 Å². The Kier molecular flexibility index (Phi) is 7.08. The number of ether oxygens (including phenoxy) is 2. The molecule has 2 aromatic rings. The minimum Gasteiger partial charge on any atom is -0.376 e. The molecule has 2 fully saturated rings. The maximum Gasteiger partial charge on any atom is 0.416 e. The molecule has 0 radical (unpaired) electrons. The van der Waals surface area contributed by atoms with Crippen molar-refractivity contribution in [3.63, 3.8) is 0 Å². The number of alkyl halides is 5. The highest BCUT2D eigenvalue weighted by molar-refractivity contribution is 5.79. The monoisotopic (exact) mass is 518 g/mol. The zero-order valence-electron chi connectivity index (χ0n) is 20.3. The quantitative estimate of drug-likeness (QED) is 0.375. The van der Waals surface area contributed by atoms with E-state index in [9.17, 15) is 26.7 Å². The lowest BCUT2D eigenvalue weighted by Gasteiger charge is -2.32. The van der Waals surface area contributed by atoms with Crippen molar-refractivity contribution < 1.29 is 36.2 Å². The highest BCUT2D eigenvalue weighted by atomic mass is 19.4. The van der Waals surface area contributed by atoms with Crippen LogP contribution in [0.15, 0.2) is 18.2 Å². The lowest BCUT2D eigenvalue weighted by atomic mass is 10.1. The normalized spacial score (nSPS) is 22.3. The van der Waals surface area contributed by atoms with Crippen molar-refractivity contribution in [1.29, 1.82) is 0 Å². The lowest BCUT2D eigenvalue weighted by molar-refractivity contribution is -0.277. The molecule has 1 heterocycles. The first-order chi connectivity index (χ1) is 16.7. The van der Waals surface area contributed by atoms with Crippen LogP contribution in [-0.2, 0) is 14.3 Å². The first-order valence-corrected chi connectivity index (χ1v) is 11.9. The Morgan fingerprint density at radius 1 is 1.31 bits per heavy atom. The second-order valence-corrected chi connectivity index (χ2v) is 10.3. The number of aromatic nitrogens is 2. The molecule has 2 aliphatic rings. The molecule has 0 bridgehead atoms. The van der Waals surface area contributed by atoms with Crippen molar-refractivity contribution >= 4 is 16.9 Å². The van der Waals surface area contributed by atoms with Gasteiger partial charge in [-0.2, -0.15) is 13.2 Å². The summed E-state index contributed by atoms with van der Waals surface area (Å²) in [6.45, 7) is 3.50. The third-order valence-electron chi connectivity index (χ3n) is 6.66. The van der Waals surface area contributed by atoms with Gasteiger partial charge in [-0.25, -0.2) is 13.8 Å². The molecule has 2 saturated carbocycles. The summed E-state index contributed by atoms with van der Waals surface area (Å²) >= 11 is 0. The summed E-state index contributed by atoms with van der Waals surface area (Å²) in [6, 6.07) is 3.63. The van der Waals surface area contributed by atoms with Crippen LogP contribution in [0.25, 0.3) is 11.0 Å². The lowest BCUT2D eigenvalue weighted by Crippen LogP contribution is -2.46. The summed E-state index contributed by atoms with van der Waals surface area (Å²) in [4.78, 5) is 19.8. The topological polar surface area (TPSA) is 102 Å². The fourth-order valence-corrected chi connectivity index (χ4v) is 3.91. The molecule has 1 amide bonds. The molecule has 0 unspecified atom stereocenters. The van der Waals surface area contributed by atoms with Gasteiger partial charge >= 0.3 is 6.18 Å². The highest BCUT2D eigenvalue weighted by Crippen LogP contribution is 2.50. The second kappa shape index (κ2) is 9.53. The van der Waals surface area contributed by atoms with Crippen LogP contribution in [0, 0.1) is 5.92 Å². The van der Waals surface area contributed by atoms with E-state index in [-0.39, 0.29) is 31.4 Å². The van der Waals surface area contributed by atoms with Gasteiger partial charge < -0.3 is 25.5 Å². The molecular weight excluding hydrogens is 487 g/mol. The molecule has 36 heavy (non-hydrogen) atoms. The first kappa shape index (κ1) is 26.7. The largest absolute Gasteiger partial charge is 0.416 e. The van der Waals surface area contributed by atoms with Crippen LogP contribution < -0.4 is 11.1 Å². The zero-order valence-corrected chi connectivity index (χ0v) is 20.3. The van der Waals surface area contributed by atoms with Gasteiger partial charge in [0.05, 0.1) is 41.9 Å². The molecule has 2 aliphatic carbocycles. The number of amides is 1. The van der Waals surface area contributed by atoms with Crippen LogP contribution >= 0.6 is 0 Å². The van der Waals surface area contributed by atoms with E-state index in [1.54, 1.807) is 18.2 Å². The number of nitrogens with two attached hydrogens (primary N) is 1. The van der Waals surface area contributed by atoms with Crippen molar-refractivity contribution in [1.82, 2.24) is 15.3 Å². The molecule has 0 saturated heterocycles. The number of nitrogens with zero attached hydrogens (tertiary/aromatic N) is 1. The first-order valence-electron chi connectivity index (χ1n) is 11.9. The molecule has 0 spiro atoms. The fourth-order valence-electron chi connectivity index (χ4n) is 3.91. The molecule has 200 valence electrons. The molecule has 4 rings (SSSR count). The fraction of sp³-hybridized carbons (Fsp3) is 0.667. The van der Waals surface area contributed by atoms with E-state index in [2.05, 4.69) is 15.3 Å². The standard InChI is InChI=1S/C24H31F5N4O3/c1-12(36-22(2,3)24(27,28)29)20(30)21-32-16-7-4-13(8-17(16)33-21)18(11-35-15-5-6-15)31-19(34)9-14-10-23(14,25)26/h4,7-8,12,14-15,18,20H,5-6,9-11,30H2,1-3H3,(H,31,34)(H,32,33)/t12-,14+,18-,20+/m1/s1. The van der Waals surface area contributed by atoms with E-state index < -0.39 is 47.7 Å². The van der Waals surface area contributed by atoms with Gasteiger partial charge in [-0.1, -0.05) is 6.07 Å². The highest BCUT2D eigenvalue weighted by Gasteiger charge is 2.57. The summed E-state index contributed by atoms with van der Waals surface area (Å²) < 4.78 is 77.0. The maximum atomic E-state index is 13.2. The molecule has 1 aromatic carbocycles. The smallest absolute Gasteiger partial charge is 0.376 e. The molecule has 7 nitrogen and oxygen atoms in total. The van der Waals surface area contributed by atoms with Gasteiger partial charge in [0.15, 0.2) is 5.60 Å². The SMILES string of the molecule is C[C@@H](OC(C)(C)C(F)(F)F)[C@H](N)c1nc2ccc([C@@H](COC3CC3)NC(=O)C[C@H]3CC3(F)F)cc2[nH]1. The second-order valence-electron chi connectivity index (χ2n) is 10.3. The molecule has 1 aromatic heterocycles. The summed E-state index contributed by atoms with van der Waals surface area (Å²) in [5, 5.41) is 2.80. The van der Waals surface area contributed by atoms with Crippen molar-refractivity contribution in [3.8, 4) is 0 Å². The average Bonchev–Trinajstić information content (AvgIpc) is 3.65. The Balaban J connectivity index is 1.48. The third-order valence-corrected chi connectivity index (χ3v) is 6.66. The number of H-pyrrole nitrogens is 1. The molecule has 0 aliphatic heterocycles. The van der Waals surface area contributed by atoms with Gasteiger partial charge in [0, 0.05) is 18.8 Å². The van der Waals surface area contributed by atoms with Gasteiger partial charge in [0.25, 0.3) is 5.92 Å². The van der Waals surface area contributed by atoms with E-state index >= 15 is 0 Å². The number of hydrogen-bond donors (Lipinski definition) is 3.